The molecule has 8 heteroatoms. The van der Waals surface area contributed by atoms with Crippen molar-refractivity contribution in [3.8, 4) is 0 Å². The van der Waals surface area contributed by atoms with Gasteiger partial charge in [0, 0.05) is 0 Å². The number of rotatable bonds is 0. The molecule has 0 aliphatic carbocycles. The Morgan fingerprint density at radius 3 is 0.500 bits per heavy atom. The predicted molar refractivity (Wildman–Crippen MR) is 28.9 cm³/mol. The fraction of sp³-hybridized carbons (Fsp3) is 0. The van der Waals surface area contributed by atoms with Crippen LogP contribution >= 0.6 is 9.90 Å². The van der Waals surface area contributed by atoms with Crippen molar-refractivity contribution in [2.45, 2.75) is 0 Å². The van der Waals surface area contributed by atoms with E-state index in [0.717, 1.165) is 0 Å². The van der Waals surface area contributed by atoms with Crippen molar-refractivity contribution in [3.05, 3.63) is 0 Å². The zero-order valence-electron chi connectivity index (χ0n) is 8.71. The summed E-state index contributed by atoms with van der Waals surface area (Å²) in [6.45, 7) is 0. The van der Waals surface area contributed by atoms with E-state index in [0.29, 0.717) is 0 Å². The average molecular weight is 178 g/mol. The SMILES string of the molecule is O.O.O.O.P.[H-].[H-].[H-].[Na+].[Na+].[Na+]. The van der Waals surface area contributed by atoms with E-state index in [-0.39, 0.29) is 125 Å². The molecule has 8 N–H and O–H groups in total. The van der Waals surface area contributed by atoms with Gasteiger partial charge in [0.1, 0.15) is 0 Å². The quantitative estimate of drug-likeness (QED) is 0.258. The van der Waals surface area contributed by atoms with Gasteiger partial charge in [-0.1, -0.05) is 0 Å². The second kappa shape index (κ2) is 82.5. The Labute approximate surface area is 123 Å². The van der Waals surface area contributed by atoms with E-state index in [1.54, 1.807) is 0 Å². The minimum absolute atomic E-state index is 0. The van der Waals surface area contributed by atoms with Gasteiger partial charge in [0.05, 0.1) is 0 Å². The van der Waals surface area contributed by atoms with Crippen LogP contribution < -0.4 is 88.7 Å². The Balaban J connectivity index is 0. The third kappa shape index (κ3) is 59.3. The zero-order valence-corrected chi connectivity index (χ0v) is 13.1. The molecule has 0 aromatic heterocycles. The zero-order chi connectivity index (χ0) is 0. The van der Waals surface area contributed by atoms with Crippen LogP contribution in [0.15, 0.2) is 0 Å². The summed E-state index contributed by atoms with van der Waals surface area (Å²) in [5.41, 5.74) is 0. The van der Waals surface area contributed by atoms with Crippen LogP contribution in [0.3, 0.4) is 0 Å². The third-order valence-electron chi connectivity index (χ3n) is 0. The monoisotopic (exact) mass is 178 g/mol. The van der Waals surface area contributed by atoms with Gasteiger partial charge >= 0.3 is 88.7 Å². The Bertz CT molecular complexity index is 20.5. The second-order valence-corrected chi connectivity index (χ2v) is 0. The van der Waals surface area contributed by atoms with Crippen LogP contribution in [0.2, 0.25) is 0 Å². The summed E-state index contributed by atoms with van der Waals surface area (Å²) in [6.07, 6.45) is 0. The Kier molecular flexibility index (Phi) is 1150. The van der Waals surface area contributed by atoms with Crippen LogP contribution in [-0.2, 0) is 0 Å². The summed E-state index contributed by atoms with van der Waals surface area (Å²) in [5.74, 6) is 0. The van der Waals surface area contributed by atoms with Crippen LogP contribution in [-0.4, -0.2) is 21.9 Å². The predicted octanol–water partition coefficient (Wildman–Crippen LogP) is -11.9. The fourth-order valence-electron chi connectivity index (χ4n) is 0. The summed E-state index contributed by atoms with van der Waals surface area (Å²) in [5, 5.41) is 0. The molecule has 46 valence electrons. The van der Waals surface area contributed by atoms with E-state index in [1.165, 1.54) is 0 Å². The van der Waals surface area contributed by atoms with E-state index < -0.39 is 0 Å². The Morgan fingerprint density at radius 1 is 0.500 bits per heavy atom. The minimum atomic E-state index is 0. The molecule has 0 aliphatic heterocycles. The summed E-state index contributed by atoms with van der Waals surface area (Å²) in [4.78, 5) is 0. The van der Waals surface area contributed by atoms with Crippen LogP contribution in [0.25, 0.3) is 0 Å². The molecule has 1 unspecified atom stereocenters. The molecule has 0 heterocycles. The number of hydrogen-bond donors (Lipinski definition) is 0. The summed E-state index contributed by atoms with van der Waals surface area (Å²) >= 11 is 0. The van der Waals surface area contributed by atoms with E-state index in [2.05, 4.69) is 0 Å². The molecule has 0 aliphatic rings. The van der Waals surface area contributed by atoms with E-state index in [1.807, 2.05) is 0 Å². The molecule has 8 heavy (non-hydrogen) atoms. The van der Waals surface area contributed by atoms with Gasteiger partial charge in [0.15, 0.2) is 0 Å². The molecule has 0 saturated heterocycles. The smallest absolute Gasteiger partial charge is 1.00 e. The van der Waals surface area contributed by atoms with E-state index in [9.17, 15) is 0 Å². The average Bonchev–Trinajstić information content (AvgIpc) is 0. The first-order valence-electron chi connectivity index (χ1n) is 0. The maximum Gasteiger partial charge on any atom is 1.00 e. The Hall–Kier alpha value is 3.27. The summed E-state index contributed by atoms with van der Waals surface area (Å²) in [6, 6.07) is 0. The Morgan fingerprint density at radius 2 is 0.500 bits per heavy atom. The molecule has 0 aromatic carbocycles. The van der Waals surface area contributed by atoms with Crippen molar-refractivity contribution in [3.63, 3.8) is 0 Å². The van der Waals surface area contributed by atoms with Crippen molar-refractivity contribution in [1.29, 1.82) is 0 Å². The molecular formula is H14Na3O4P. The van der Waals surface area contributed by atoms with Gasteiger partial charge in [-0.05, 0) is 0 Å². The number of hydrogen-bond acceptors (Lipinski definition) is 0. The standard InChI is InChI=1S/3Na.4H2O.H3P.3H/h;;;4*1H2;1H3;;;/q3*+1;;;;;;3*-1. The second-order valence-electron chi connectivity index (χ2n) is 0. The van der Waals surface area contributed by atoms with Gasteiger partial charge in [0.25, 0.3) is 0 Å². The normalized spacial score (nSPS) is 0. The van der Waals surface area contributed by atoms with Gasteiger partial charge in [0.2, 0.25) is 0 Å². The molecule has 0 spiro atoms. The van der Waals surface area contributed by atoms with E-state index in [4.69, 9.17) is 0 Å². The van der Waals surface area contributed by atoms with Gasteiger partial charge in [-0.2, -0.15) is 9.90 Å². The molecule has 4 nitrogen and oxygen atoms in total. The van der Waals surface area contributed by atoms with Crippen molar-refractivity contribution >= 4 is 9.90 Å². The van der Waals surface area contributed by atoms with Gasteiger partial charge in [-0.15, -0.1) is 0 Å². The summed E-state index contributed by atoms with van der Waals surface area (Å²) in [7, 11) is 0. The minimum Gasteiger partial charge on any atom is -1.00 e. The first kappa shape index (κ1) is 111. The maximum atomic E-state index is 0. The summed E-state index contributed by atoms with van der Waals surface area (Å²) < 4.78 is 0. The van der Waals surface area contributed by atoms with Crippen LogP contribution in [0.1, 0.15) is 4.28 Å². The van der Waals surface area contributed by atoms with Gasteiger partial charge in [-0.3, -0.25) is 0 Å². The van der Waals surface area contributed by atoms with E-state index >= 15 is 0 Å². The topological polar surface area (TPSA) is 126 Å². The van der Waals surface area contributed by atoms with Gasteiger partial charge in [-0.25, -0.2) is 0 Å². The van der Waals surface area contributed by atoms with Crippen molar-refractivity contribution in [1.82, 2.24) is 0 Å². The molecule has 0 saturated carbocycles. The molecule has 1 atom stereocenters. The first-order chi connectivity index (χ1) is 0. The maximum absolute atomic E-state index is 0. The van der Waals surface area contributed by atoms with Crippen LogP contribution in [0.4, 0.5) is 0 Å². The molecule has 0 radical (unpaired) electrons. The van der Waals surface area contributed by atoms with Crippen LogP contribution in [0.5, 0.6) is 0 Å². The first-order valence-corrected chi connectivity index (χ1v) is 0. The molecule has 0 bridgehead atoms. The molecule has 0 fully saturated rings. The van der Waals surface area contributed by atoms with Crippen LogP contribution in [0, 0.1) is 0 Å². The fourth-order valence-corrected chi connectivity index (χ4v) is 0. The third-order valence-corrected chi connectivity index (χ3v) is 0. The molecule has 0 amide bonds. The largest absolute Gasteiger partial charge is 1.00 e. The van der Waals surface area contributed by atoms with Crippen molar-refractivity contribution in [2.75, 3.05) is 0 Å². The van der Waals surface area contributed by atoms with Crippen molar-refractivity contribution < 1.29 is 115 Å². The van der Waals surface area contributed by atoms with Crippen molar-refractivity contribution in [2.24, 2.45) is 0 Å². The van der Waals surface area contributed by atoms with Gasteiger partial charge < -0.3 is 26.2 Å². The molecular weight excluding hydrogens is 164 g/mol. The molecule has 0 rings (SSSR count). The molecule has 0 aromatic rings.